The van der Waals surface area contributed by atoms with E-state index in [1.165, 1.54) is 19.1 Å². The molecule has 0 unspecified atom stereocenters. The van der Waals surface area contributed by atoms with Crippen LogP contribution in [0.4, 0.5) is 0 Å². The van der Waals surface area contributed by atoms with E-state index in [2.05, 4.69) is 5.32 Å². The van der Waals surface area contributed by atoms with Crippen LogP contribution in [-0.4, -0.2) is 138 Å². The van der Waals surface area contributed by atoms with Crippen molar-refractivity contribution in [3.8, 4) is 5.75 Å². The summed E-state index contributed by atoms with van der Waals surface area (Å²) in [6, 6.07) is 4.99. The van der Waals surface area contributed by atoms with Gasteiger partial charge in [-0.2, -0.15) is 0 Å². The zero-order valence-corrected chi connectivity index (χ0v) is 26.5. The molecule has 2 heterocycles. The molecule has 0 radical (unpaired) electrons. The molecule has 0 bridgehead atoms. The Morgan fingerprint density at radius 2 is 1.54 bits per heavy atom. The second-order valence-corrected chi connectivity index (χ2v) is 10.8. The lowest BCUT2D eigenvalue weighted by Crippen LogP contribution is -2.61. The normalized spacial score (nSPS) is 22.2. The fourth-order valence-electron chi connectivity index (χ4n) is 4.61. The predicted molar refractivity (Wildman–Crippen MR) is 161 cm³/mol. The second kappa shape index (κ2) is 19.8. The van der Waals surface area contributed by atoms with Crippen molar-refractivity contribution in [3.05, 3.63) is 41.5 Å². The van der Waals surface area contributed by atoms with Crippen molar-refractivity contribution in [2.24, 2.45) is 0 Å². The molecule has 5 N–H and O–H groups in total. The summed E-state index contributed by atoms with van der Waals surface area (Å²) in [6.45, 7) is 3.45. The zero-order valence-electron chi connectivity index (χ0n) is 26.5. The number of imide groups is 1. The molecular formula is C31H42N2O15. The van der Waals surface area contributed by atoms with E-state index in [4.69, 9.17) is 28.4 Å². The van der Waals surface area contributed by atoms with Crippen molar-refractivity contribution in [2.45, 2.75) is 63.5 Å². The number of benzene rings is 1. The van der Waals surface area contributed by atoms with Crippen LogP contribution in [0, 0.1) is 0 Å². The van der Waals surface area contributed by atoms with Gasteiger partial charge in [0.2, 0.25) is 12.2 Å². The van der Waals surface area contributed by atoms with E-state index < -0.39 is 54.5 Å². The summed E-state index contributed by atoms with van der Waals surface area (Å²) < 4.78 is 32.4. The van der Waals surface area contributed by atoms with Gasteiger partial charge in [0.25, 0.3) is 11.8 Å². The van der Waals surface area contributed by atoms with Crippen LogP contribution in [0.25, 0.3) is 0 Å². The van der Waals surface area contributed by atoms with Crippen LogP contribution in [0.2, 0.25) is 0 Å². The van der Waals surface area contributed by atoms with Crippen molar-refractivity contribution in [2.75, 3.05) is 52.7 Å². The number of carbonyl (C=O) groups excluding carboxylic acids is 4. The fourth-order valence-corrected chi connectivity index (χ4v) is 4.61. The summed E-state index contributed by atoms with van der Waals surface area (Å²) >= 11 is 0. The molecule has 0 spiro atoms. The average molecular weight is 683 g/mol. The Bertz CT molecular complexity index is 1270. The number of aliphatic hydroxyl groups excluding tert-OH is 3. The molecule has 1 saturated heterocycles. The average Bonchev–Trinajstić information content (AvgIpc) is 3.37. The lowest BCUT2D eigenvalue weighted by atomic mass is 9.99. The molecule has 0 aromatic heterocycles. The van der Waals surface area contributed by atoms with Gasteiger partial charge >= 0.3 is 11.9 Å². The van der Waals surface area contributed by atoms with Crippen molar-refractivity contribution in [1.82, 2.24) is 10.2 Å². The number of hydrogen-bond acceptors (Lipinski definition) is 14. The van der Waals surface area contributed by atoms with Gasteiger partial charge in [-0.1, -0.05) is 6.07 Å². The highest BCUT2D eigenvalue weighted by molar-refractivity contribution is 6.13. The molecule has 3 amide bonds. The number of aryl methyl sites for hydroxylation is 1. The smallest absolute Gasteiger partial charge is 0.335 e. The second-order valence-electron chi connectivity index (χ2n) is 10.8. The summed E-state index contributed by atoms with van der Waals surface area (Å²) in [5, 5.41) is 42.2. The Morgan fingerprint density at radius 3 is 2.19 bits per heavy atom. The molecule has 2 aliphatic rings. The predicted octanol–water partition coefficient (Wildman–Crippen LogP) is -1.57. The van der Waals surface area contributed by atoms with E-state index in [0.717, 1.165) is 10.5 Å². The van der Waals surface area contributed by atoms with E-state index >= 15 is 0 Å². The number of carbonyl (C=O) groups is 5. The maximum absolute atomic E-state index is 11.8. The number of carboxylic acids is 1. The third-order valence-corrected chi connectivity index (χ3v) is 7.14. The first kappa shape index (κ1) is 38.5. The molecule has 2 aliphatic heterocycles. The number of amides is 3. The van der Waals surface area contributed by atoms with Gasteiger partial charge in [0, 0.05) is 50.8 Å². The fraction of sp³-hybridized carbons (Fsp3) is 0.581. The van der Waals surface area contributed by atoms with Crippen LogP contribution in [-0.2, 0) is 60.7 Å². The van der Waals surface area contributed by atoms with Gasteiger partial charge < -0.3 is 54.2 Å². The number of ether oxygens (including phenoxy) is 6. The molecule has 0 aliphatic carbocycles. The van der Waals surface area contributed by atoms with Crippen LogP contribution in [0.5, 0.6) is 5.75 Å². The van der Waals surface area contributed by atoms with E-state index in [1.54, 1.807) is 18.2 Å². The maximum Gasteiger partial charge on any atom is 0.335 e. The summed E-state index contributed by atoms with van der Waals surface area (Å²) in [5.74, 6) is -3.10. The zero-order chi connectivity index (χ0) is 35.1. The van der Waals surface area contributed by atoms with Gasteiger partial charge in [-0.25, -0.2) is 4.79 Å². The highest BCUT2D eigenvalue weighted by Crippen LogP contribution is 2.28. The Morgan fingerprint density at radius 1 is 0.896 bits per heavy atom. The van der Waals surface area contributed by atoms with E-state index in [9.17, 15) is 44.4 Å². The van der Waals surface area contributed by atoms with Gasteiger partial charge in [-0.15, -0.1) is 0 Å². The number of nitrogens with zero attached hydrogens (tertiary/aromatic N) is 1. The molecule has 1 aromatic rings. The maximum atomic E-state index is 11.8. The largest absolute Gasteiger partial charge is 0.479 e. The summed E-state index contributed by atoms with van der Waals surface area (Å²) in [6.07, 6.45) is -5.27. The van der Waals surface area contributed by atoms with Crippen LogP contribution in [0.15, 0.2) is 30.4 Å². The topological polar surface area (TPSA) is 237 Å². The van der Waals surface area contributed by atoms with E-state index in [-0.39, 0.29) is 44.4 Å². The Balaban J connectivity index is 1.27. The molecule has 1 aromatic carbocycles. The molecule has 1 fully saturated rings. The van der Waals surface area contributed by atoms with Crippen LogP contribution >= 0.6 is 0 Å². The quantitative estimate of drug-likeness (QED) is 0.0560. The third kappa shape index (κ3) is 12.2. The molecule has 3 rings (SSSR count). The van der Waals surface area contributed by atoms with Gasteiger partial charge in [0.05, 0.1) is 33.0 Å². The number of aliphatic hydroxyl groups is 3. The Kier molecular flexibility index (Phi) is 15.8. The first-order chi connectivity index (χ1) is 23.0. The number of rotatable bonds is 21. The molecule has 0 saturated carbocycles. The van der Waals surface area contributed by atoms with Crippen LogP contribution < -0.4 is 10.1 Å². The highest BCUT2D eigenvalue weighted by atomic mass is 16.7. The van der Waals surface area contributed by atoms with E-state index in [1.807, 2.05) is 0 Å². The minimum atomic E-state index is -1.86. The standard InChI is InChI=1S/C31H42N2O15/c1-19(34)46-18-21-17-20(4-5-22(21)47-31-28(40)26(38)27(39)29(48-31)30(41)42)3-2-11-43-13-15-45-16-14-44-12-9-32-23(35)8-10-33-24(36)6-7-25(33)37/h4-7,17,26-29,31,38-40H,2-3,8-16,18H2,1H3,(H,32,35)(H,41,42)/t26-,27-,28+,29-,31+/m0/s1. The lowest BCUT2D eigenvalue weighted by Gasteiger charge is -2.38. The summed E-state index contributed by atoms with van der Waals surface area (Å²) in [7, 11) is 0. The van der Waals surface area contributed by atoms with Gasteiger partial charge in [0.15, 0.2) is 6.10 Å². The molecule has 17 heteroatoms. The van der Waals surface area contributed by atoms with Crippen molar-refractivity contribution in [1.29, 1.82) is 0 Å². The number of esters is 1. The Labute approximate surface area is 276 Å². The lowest BCUT2D eigenvalue weighted by molar-refractivity contribution is -0.271. The highest BCUT2D eigenvalue weighted by Gasteiger charge is 2.48. The van der Waals surface area contributed by atoms with E-state index in [0.29, 0.717) is 51.4 Å². The number of aliphatic carboxylic acids is 1. The monoisotopic (exact) mass is 682 g/mol. The molecule has 17 nitrogen and oxygen atoms in total. The summed E-state index contributed by atoms with van der Waals surface area (Å²) in [4.78, 5) is 58.6. The number of nitrogens with one attached hydrogen (secondary N) is 1. The summed E-state index contributed by atoms with van der Waals surface area (Å²) in [5.41, 5.74) is 1.27. The van der Waals surface area contributed by atoms with Gasteiger partial charge in [-0.05, 0) is 30.5 Å². The van der Waals surface area contributed by atoms with Gasteiger partial charge in [-0.3, -0.25) is 24.1 Å². The number of hydrogen-bond donors (Lipinski definition) is 5. The van der Waals surface area contributed by atoms with Crippen LogP contribution in [0.3, 0.4) is 0 Å². The molecule has 48 heavy (non-hydrogen) atoms. The molecule has 5 atom stereocenters. The minimum absolute atomic E-state index is 0.0139. The Hall–Kier alpha value is -3.97. The third-order valence-electron chi connectivity index (χ3n) is 7.14. The number of carboxylic acid groups (broad SMARTS) is 1. The minimum Gasteiger partial charge on any atom is -0.479 e. The SMILES string of the molecule is CC(=O)OCc1cc(CCCOCCOCCOCCNC(=O)CCN2C(=O)C=CC2=O)ccc1O[C@@H]1O[C@H](C(=O)O)[C@@H](O)[C@H](O)[C@H]1O. The van der Waals surface area contributed by atoms with Crippen molar-refractivity contribution in [3.63, 3.8) is 0 Å². The molecular weight excluding hydrogens is 640 g/mol. The van der Waals surface area contributed by atoms with Gasteiger partial charge in [0.1, 0.15) is 30.7 Å². The first-order valence-corrected chi connectivity index (χ1v) is 15.4. The first-order valence-electron chi connectivity index (χ1n) is 15.4. The molecule has 266 valence electrons. The van der Waals surface area contributed by atoms with Crippen molar-refractivity contribution < 1.29 is 72.8 Å². The van der Waals surface area contributed by atoms with Crippen molar-refractivity contribution >= 4 is 29.7 Å². The van der Waals surface area contributed by atoms with Crippen LogP contribution in [0.1, 0.15) is 30.9 Å².